The van der Waals surface area contributed by atoms with Crippen LogP contribution in [-0.4, -0.2) is 19.2 Å². The highest BCUT2D eigenvalue weighted by Gasteiger charge is 2.19. The summed E-state index contributed by atoms with van der Waals surface area (Å²) in [5, 5.41) is 5.84. The lowest BCUT2D eigenvalue weighted by atomic mass is 9.93. The summed E-state index contributed by atoms with van der Waals surface area (Å²) in [6.07, 6.45) is 0. The quantitative estimate of drug-likeness (QED) is 0.855. The van der Waals surface area contributed by atoms with Crippen molar-refractivity contribution in [3.05, 3.63) is 24.3 Å². The van der Waals surface area contributed by atoms with E-state index in [0.29, 0.717) is 23.3 Å². The molecule has 0 heterocycles. The van der Waals surface area contributed by atoms with Gasteiger partial charge >= 0.3 is 6.03 Å². The molecule has 0 aliphatic heterocycles. The first kappa shape index (κ1) is 15.3. The lowest BCUT2D eigenvalue weighted by Crippen LogP contribution is -2.44. The number of anilines is 1. The van der Waals surface area contributed by atoms with E-state index in [1.54, 1.807) is 7.11 Å². The molecule has 0 atom stereocenters. The van der Waals surface area contributed by atoms with Crippen LogP contribution in [0.5, 0.6) is 5.75 Å². The van der Waals surface area contributed by atoms with Crippen molar-refractivity contribution in [1.29, 1.82) is 0 Å². The number of hydrogen-bond acceptors (Lipinski definition) is 2. The average molecular weight is 264 g/mol. The summed E-state index contributed by atoms with van der Waals surface area (Å²) in [7, 11) is 1.59. The van der Waals surface area contributed by atoms with Gasteiger partial charge in [-0.2, -0.15) is 0 Å². The molecule has 0 aliphatic carbocycles. The summed E-state index contributed by atoms with van der Waals surface area (Å²) < 4.78 is 5.20. The molecule has 1 aromatic carbocycles. The van der Waals surface area contributed by atoms with E-state index < -0.39 is 0 Å². The number of carbonyl (C=O) groups excluding carboxylic acids is 1. The van der Waals surface area contributed by atoms with Crippen LogP contribution in [0, 0.1) is 11.8 Å². The number of carbonyl (C=O) groups is 1. The fourth-order valence-electron chi connectivity index (χ4n) is 2.16. The normalized spacial score (nSPS) is 10.9. The second-order valence-corrected chi connectivity index (χ2v) is 5.31. The SMILES string of the molecule is COc1ccccc1NC(=O)NC(C(C)C)C(C)C. The molecule has 19 heavy (non-hydrogen) atoms. The fraction of sp³-hybridized carbons (Fsp3) is 0.533. The van der Waals surface area contributed by atoms with E-state index in [0.717, 1.165) is 0 Å². The van der Waals surface area contributed by atoms with Gasteiger partial charge in [0.1, 0.15) is 5.75 Å². The molecule has 0 fully saturated rings. The molecule has 4 heteroatoms. The molecule has 2 N–H and O–H groups in total. The van der Waals surface area contributed by atoms with E-state index in [9.17, 15) is 4.79 Å². The van der Waals surface area contributed by atoms with Crippen molar-refractivity contribution in [2.45, 2.75) is 33.7 Å². The van der Waals surface area contributed by atoms with Gasteiger partial charge in [0, 0.05) is 6.04 Å². The third-order valence-corrected chi connectivity index (χ3v) is 3.09. The first-order chi connectivity index (χ1) is 8.95. The topological polar surface area (TPSA) is 50.4 Å². The number of benzene rings is 1. The summed E-state index contributed by atoms with van der Waals surface area (Å²) in [5.74, 6) is 1.44. The zero-order chi connectivity index (χ0) is 14.4. The third-order valence-electron chi connectivity index (χ3n) is 3.09. The molecule has 4 nitrogen and oxygen atoms in total. The molecule has 0 spiro atoms. The van der Waals surface area contributed by atoms with Crippen LogP contribution in [0.1, 0.15) is 27.7 Å². The summed E-state index contributed by atoms with van der Waals surface area (Å²) >= 11 is 0. The van der Waals surface area contributed by atoms with Crippen LogP contribution >= 0.6 is 0 Å². The lowest BCUT2D eigenvalue weighted by Gasteiger charge is -2.26. The summed E-state index contributed by atoms with van der Waals surface area (Å²) in [6, 6.07) is 7.32. The highest BCUT2D eigenvalue weighted by molar-refractivity contribution is 5.91. The Bertz CT molecular complexity index is 408. The van der Waals surface area contributed by atoms with Gasteiger partial charge in [0.15, 0.2) is 0 Å². The molecule has 0 radical (unpaired) electrons. The highest BCUT2D eigenvalue weighted by atomic mass is 16.5. The highest BCUT2D eigenvalue weighted by Crippen LogP contribution is 2.23. The molecule has 2 amide bonds. The van der Waals surface area contributed by atoms with Crippen LogP contribution < -0.4 is 15.4 Å². The van der Waals surface area contributed by atoms with E-state index in [-0.39, 0.29) is 12.1 Å². The Kier molecular flexibility index (Phi) is 5.67. The van der Waals surface area contributed by atoms with Crippen LogP contribution in [0.25, 0.3) is 0 Å². The van der Waals surface area contributed by atoms with Crippen LogP contribution in [0.15, 0.2) is 24.3 Å². The second-order valence-electron chi connectivity index (χ2n) is 5.31. The number of para-hydroxylation sites is 2. The van der Waals surface area contributed by atoms with E-state index in [1.165, 1.54) is 0 Å². The minimum Gasteiger partial charge on any atom is -0.495 e. The van der Waals surface area contributed by atoms with Crippen molar-refractivity contribution in [3.8, 4) is 5.75 Å². The predicted molar refractivity (Wildman–Crippen MR) is 78.6 cm³/mol. The Labute approximate surface area is 115 Å². The van der Waals surface area contributed by atoms with Crippen molar-refractivity contribution < 1.29 is 9.53 Å². The van der Waals surface area contributed by atoms with E-state index in [2.05, 4.69) is 38.3 Å². The maximum absolute atomic E-state index is 12.0. The zero-order valence-electron chi connectivity index (χ0n) is 12.4. The predicted octanol–water partition coefficient (Wildman–Crippen LogP) is 3.50. The minimum atomic E-state index is -0.197. The molecular weight excluding hydrogens is 240 g/mol. The number of urea groups is 1. The Morgan fingerprint density at radius 1 is 1.11 bits per heavy atom. The first-order valence-electron chi connectivity index (χ1n) is 6.66. The van der Waals surface area contributed by atoms with Crippen molar-refractivity contribution >= 4 is 11.7 Å². The van der Waals surface area contributed by atoms with Gasteiger partial charge < -0.3 is 15.4 Å². The van der Waals surface area contributed by atoms with Gasteiger partial charge in [0.2, 0.25) is 0 Å². The number of nitrogens with one attached hydrogen (secondary N) is 2. The number of methoxy groups -OCH3 is 1. The molecule has 0 saturated heterocycles. The third kappa shape index (κ3) is 4.47. The number of ether oxygens (including phenoxy) is 1. The maximum atomic E-state index is 12.0. The molecule has 1 aromatic rings. The van der Waals surface area contributed by atoms with Gasteiger partial charge in [-0.3, -0.25) is 0 Å². The van der Waals surface area contributed by atoms with Crippen molar-refractivity contribution in [2.24, 2.45) is 11.8 Å². The van der Waals surface area contributed by atoms with E-state index >= 15 is 0 Å². The van der Waals surface area contributed by atoms with Crippen molar-refractivity contribution in [2.75, 3.05) is 12.4 Å². The second kappa shape index (κ2) is 7.02. The Balaban J connectivity index is 2.69. The summed E-state index contributed by atoms with van der Waals surface area (Å²) in [4.78, 5) is 12.0. The van der Waals surface area contributed by atoms with Crippen molar-refractivity contribution in [1.82, 2.24) is 5.32 Å². The Morgan fingerprint density at radius 2 is 1.68 bits per heavy atom. The average Bonchev–Trinajstić information content (AvgIpc) is 2.36. The monoisotopic (exact) mass is 264 g/mol. The molecule has 0 saturated carbocycles. The molecule has 0 aromatic heterocycles. The summed E-state index contributed by atoms with van der Waals surface area (Å²) in [6.45, 7) is 8.42. The van der Waals surface area contributed by atoms with Gasteiger partial charge in [-0.25, -0.2) is 4.79 Å². The number of amides is 2. The molecule has 0 aliphatic rings. The standard InChI is InChI=1S/C15H24N2O2/c1-10(2)14(11(3)4)17-15(18)16-12-8-6-7-9-13(12)19-5/h6-11,14H,1-5H3,(H2,16,17,18). The largest absolute Gasteiger partial charge is 0.495 e. The lowest BCUT2D eigenvalue weighted by molar-refractivity contribution is 0.236. The van der Waals surface area contributed by atoms with Gasteiger partial charge in [-0.15, -0.1) is 0 Å². The smallest absolute Gasteiger partial charge is 0.319 e. The van der Waals surface area contributed by atoms with E-state index in [1.807, 2.05) is 24.3 Å². The maximum Gasteiger partial charge on any atom is 0.319 e. The molecule has 1 rings (SSSR count). The van der Waals surface area contributed by atoms with Gasteiger partial charge in [-0.1, -0.05) is 39.8 Å². The molecule has 0 unspecified atom stereocenters. The Morgan fingerprint density at radius 3 is 2.21 bits per heavy atom. The number of hydrogen-bond donors (Lipinski definition) is 2. The van der Waals surface area contributed by atoms with Crippen LogP contribution in [0.2, 0.25) is 0 Å². The van der Waals surface area contributed by atoms with Crippen LogP contribution in [0.3, 0.4) is 0 Å². The first-order valence-corrected chi connectivity index (χ1v) is 6.66. The minimum absolute atomic E-state index is 0.148. The Hall–Kier alpha value is -1.71. The molecule has 0 bridgehead atoms. The molecular formula is C15H24N2O2. The van der Waals surface area contributed by atoms with Crippen LogP contribution in [-0.2, 0) is 0 Å². The van der Waals surface area contributed by atoms with Gasteiger partial charge in [-0.05, 0) is 24.0 Å². The zero-order valence-corrected chi connectivity index (χ0v) is 12.4. The van der Waals surface area contributed by atoms with Gasteiger partial charge in [0.25, 0.3) is 0 Å². The summed E-state index contributed by atoms with van der Waals surface area (Å²) in [5.41, 5.74) is 0.675. The van der Waals surface area contributed by atoms with Gasteiger partial charge in [0.05, 0.1) is 12.8 Å². The number of rotatable bonds is 5. The van der Waals surface area contributed by atoms with E-state index in [4.69, 9.17) is 4.74 Å². The molecule has 106 valence electrons. The van der Waals surface area contributed by atoms with Crippen molar-refractivity contribution in [3.63, 3.8) is 0 Å². The fourth-order valence-corrected chi connectivity index (χ4v) is 2.16. The van der Waals surface area contributed by atoms with Crippen LogP contribution in [0.4, 0.5) is 10.5 Å².